The fourth-order valence-electron chi connectivity index (χ4n) is 1.93. The van der Waals surface area contributed by atoms with Crippen LogP contribution in [-0.4, -0.2) is 38.7 Å². The summed E-state index contributed by atoms with van der Waals surface area (Å²) in [6, 6.07) is 6.87. The molecule has 6 heteroatoms. The van der Waals surface area contributed by atoms with Crippen molar-refractivity contribution in [2.75, 3.05) is 14.2 Å². The van der Waals surface area contributed by atoms with Crippen LogP contribution < -0.4 is 0 Å². The largest absolute Gasteiger partial charge is 0.466 e. The van der Waals surface area contributed by atoms with Crippen molar-refractivity contribution >= 4 is 36.7 Å². The van der Waals surface area contributed by atoms with Crippen molar-refractivity contribution in [2.24, 2.45) is 0 Å². The molecular formula is C18H18O6. The molecule has 0 aromatic heterocycles. The van der Waals surface area contributed by atoms with Gasteiger partial charge in [0.2, 0.25) is 0 Å². The molecule has 0 heterocycles. The Morgan fingerprint density at radius 1 is 0.792 bits per heavy atom. The molecule has 0 amide bonds. The molecule has 0 saturated carbocycles. The molecule has 0 unspecified atom stereocenters. The second-order valence-electron chi connectivity index (χ2n) is 4.73. The number of hydrogen-bond acceptors (Lipinski definition) is 6. The molecule has 0 aliphatic carbocycles. The van der Waals surface area contributed by atoms with E-state index in [1.54, 1.807) is 36.4 Å². The average Bonchev–Trinajstić information content (AvgIpc) is 2.61. The lowest BCUT2D eigenvalue weighted by molar-refractivity contribution is -0.137. The number of benzene rings is 1. The first-order valence-electron chi connectivity index (χ1n) is 7.10. The van der Waals surface area contributed by atoms with E-state index in [1.807, 2.05) is 0 Å². The summed E-state index contributed by atoms with van der Waals surface area (Å²) in [6.07, 6.45) is 4.28. The highest BCUT2D eigenvalue weighted by molar-refractivity contribution is 5.97. The number of esters is 2. The quantitative estimate of drug-likeness (QED) is 0.411. The predicted octanol–water partition coefficient (Wildman–Crippen LogP) is 1.98. The Morgan fingerprint density at radius 3 is 1.38 bits per heavy atom. The number of ether oxygens (including phenoxy) is 2. The smallest absolute Gasteiger partial charge is 0.334 e. The maximum atomic E-state index is 11.6. The SMILES string of the molecule is COC(=O)C(=Cc1ccc(C=C(CC=O)C(=O)OC)cc1)CC=O. The normalized spacial score (nSPS) is 11.6. The zero-order chi connectivity index (χ0) is 17.9. The number of methoxy groups -OCH3 is 2. The molecule has 1 aromatic carbocycles. The van der Waals surface area contributed by atoms with Gasteiger partial charge in [-0.05, 0) is 23.3 Å². The van der Waals surface area contributed by atoms with Gasteiger partial charge in [0.05, 0.1) is 14.2 Å². The van der Waals surface area contributed by atoms with Crippen LogP contribution in [0.15, 0.2) is 35.4 Å². The molecule has 1 rings (SSSR count). The molecule has 0 N–H and O–H groups in total. The van der Waals surface area contributed by atoms with Gasteiger partial charge in [-0.15, -0.1) is 0 Å². The van der Waals surface area contributed by atoms with Gasteiger partial charge in [0.1, 0.15) is 12.6 Å². The predicted molar refractivity (Wildman–Crippen MR) is 87.8 cm³/mol. The zero-order valence-corrected chi connectivity index (χ0v) is 13.5. The first-order valence-corrected chi connectivity index (χ1v) is 7.10. The van der Waals surface area contributed by atoms with Crippen molar-refractivity contribution in [3.05, 3.63) is 46.5 Å². The first kappa shape index (κ1) is 19.0. The molecule has 0 bridgehead atoms. The molecule has 0 aliphatic rings. The molecule has 0 spiro atoms. The highest BCUT2D eigenvalue weighted by atomic mass is 16.5. The fraction of sp³-hybridized carbons (Fsp3) is 0.222. The Labute approximate surface area is 139 Å². The van der Waals surface area contributed by atoms with Crippen LogP contribution in [0.25, 0.3) is 12.2 Å². The van der Waals surface area contributed by atoms with Gasteiger partial charge in [-0.25, -0.2) is 9.59 Å². The summed E-state index contributed by atoms with van der Waals surface area (Å²) < 4.78 is 9.24. The molecule has 0 atom stereocenters. The second-order valence-corrected chi connectivity index (χ2v) is 4.73. The molecule has 24 heavy (non-hydrogen) atoms. The third-order valence-corrected chi connectivity index (χ3v) is 3.12. The Morgan fingerprint density at radius 2 is 1.12 bits per heavy atom. The molecule has 1 aromatic rings. The maximum absolute atomic E-state index is 11.6. The fourth-order valence-corrected chi connectivity index (χ4v) is 1.93. The number of hydrogen-bond donors (Lipinski definition) is 0. The van der Waals surface area contributed by atoms with Gasteiger partial charge in [0.25, 0.3) is 0 Å². The van der Waals surface area contributed by atoms with E-state index in [1.165, 1.54) is 14.2 Å². The van der Waals surface area contributed by atoms with Crippen LogP contribution in [0.3, 0.4) is 0 Å². The average molecular weight is 330 g/mol. The van der Waals surface area contributed by atoms with E-state index in [2.05, 4.69) is 9.47 Å². The number of rotatable bonds is 8. The van der Waals surface area contributed by atoms with Crippen molar-refractivity contribution in [2.45, 2.75) is 12.8 Å². The number of carbonyl (C=O) groups excluding carboxylic acids is 4. The van der Waals surface area contributed by atoms with E-state index in [0.29, 0.717) is 23.7 Å². The first-order chi connectivity index (χ1) is 11.5. The van der Waals surface area contributed by atoms with E-state index in [4.69, 9.17) is 0 Å². The van der Waals surface area contributed by atoms with E-state index in [9.17, 15) is 19.2 Å². The van der Waals surface area contributed by atoms with Gasteiger partial charge in [-0.3, -0.25) is 0 Å². The Hall–Kier alpha value is -3.02. The summed E-state index contributed by atoms with van der Waals surface area (Å²) in [6.45, 7) is 0. The van der Waals surface area contributed by atoms with Crippen LogP contribution in [0, 0.1) is 0 Å². The molecule has 0 aliphatic heterocycles. The second kappa shape index (κ2) is 9.89. The van der Waals surface area contributed by atoms with Gasteiger partial charge in [-0.1, -0.05) is 24.3 Å². The number of carbonyl (C=O) groups is 4. The molecule has 0 radical (unpaired) electrons. The van der Waals surface area contributed by atoms with Gasteiger partial charge >= 0.3 is 11.9 Å². The molecule has 126 valence electrons. The van der Waals surface area contributed by atoms with Crippen LogP contribution in [0.4, 0.5) is 0 Å². The lowest BCUT2D eigenvalue weighted by Gasteiger charge is -2.04. The van der Waals surface area contributed by atoms with Crippen LogP contribution in [0.1, 0.15) is 24.0 Å². The highest BCUT2D eigenvalue weighted by Gasteiger charge is 2.10. The lowest BCUT2D eigenvalue weighted by Crippen LogP contribution is -2.05. The van der Waals surface area contributed by atoms with Crippen molar-refractivity contribution in [1.29, 1.82) is 0 Å². The molecule has 0 saturated heterocycles. The Bertz CT molecular complexity index is 608. The molecule has 0 fully saturated rings. The third-order valence-electron chi connectivity index (χ3n) is 3.12. The van der Waals surface area contributed by atoms with Gasteiger partial charge < -0.3 is 19.1 Å². The lowest BCUT2D eigenvalue weighted by atomic mass is 10.0. The van der Waals surface area contributed by atoms with Crippen molar-refractivity contribution in [3.8, 4) is 0 Å². The summed E-state index contributed by atoms with van der Waals surface area (Å²) in [7, 11) is 2.49. The minimum absolute atomic E-state index is 0.0415. The minimum atomic E-state index is -0.565. The summed E-state index contributed by atoms with van der Waals surface area (Å²) in [4.78, 5) is 44.4. The minimum Gasteiger partial charge on any atom is -0.466 e. The summed E-state index contributed by atoms with van der Waals surface area (Å²) in [5.74, 6) is -1.13. The van der Waals surface area contributed by atoms with Gasteiger partial charge in [-0.2, -0.15) is 0 Å². The monoisotopic (exact) mass is 330 g/mol. The van der Waals surface area contributed by atoms with Crippen LogP contribution >= 0.6 is 0 Å². The van der Waals surface area contributed by atoms with Crippen LogP contribution in [0.2, 0.25) is 0 Å². The Balaban J connectivity index is 3.06. The van der Waals surface area contributed by atoms with E-state index in [-0.39, 0.29) is 24.0 Å². The topological polar surface area (TPSA) is 86.7 Å². The molecule has 6 nitrogen and oxygen atoms in total. The third kappa shape index (κ3) is 5.64. The Kier molecular flexibility index (Phi) is 7.84. The highest BCUT2D eigenvalue weighted by Crippen LogP contribution is 2.15. The summed E-state index contributed by atoms with van der Waals surface area (Å²) in [5.41, 5.74) is 1.88. The summed E-state index contributed by atoms with van der Waals surface area (Å²) in [5, 5.41) is 0. The van der Waals surface area contributed by atoms with Crippen molar-refractivity contribution < 1.29 is 28.7 Å². The van der Waals surface area contributed by atoms with Crippen molar-refractivity contribution in [3.63, 3.8) is 0 Å². The van der Waals surface area contributed by atoms with Crippen molar-refractivity contribution in [1.82, 2.24) is 0 Å². The van der Waals surface area contributed by atoms with E-state index >= 15 is 0 Å². The summed E-state index contributed by atoms with van der Waals surface area (Å²) >= 11 is 0. The van der Waals surface area contributed by atoms with E-state index < -0.39 is 11.9 Å². The molecular weight excluding hydrogens is 312 g/mol. The zero-order valence-electron chi connectivity index (χ0n) is 13.5. The van der Waals surface area contributed by atoms with Gasteiger partial charge in [0.15, 0.2) is 0 Å². The van der Waals surface area contributed by atoms with Crippen LogP contribution in [0.5, 0.6) is 0 Å². The van der Waals surface area contributed by atoms with Crippen LogP contribution in [-0.2, 0) is 28.7 Å². The standard InChI is InChI=1S/C18H18O6/c1-23-17(21)15(7-9-19)11-13-3-5-14(6-4-13)12-16(8-10-20)18(22)24-2/h3-6,9-12H,7-8H2,1-2H3. The van der Waals surface area contributed by atoms with Gasteiger partial charge in [0, 0.05) is 24.0 Å². The number of aldehydes is 2. The van der Waals surface area contributed by atoms with E-state index in [0.717, 1.165) is 0 Å². The maximum Gasteiger partial charge on any atom is 0.334 e.